The van der Waals surface area contributed by atoms with Gasteiger partial charge in [0.25, 0.3) is 0 Å². The number of fused-ring (bicyclic) bond motifs is 1. The van der Waals surface area contributed by atoms with Crippen LogP contribution in [0.25, 0.3) is 0 Å². The molecule has 0 aliphatic heterocycles. The van der Waals surface area contributed by atoms with Crippen LogP contribution in [0.15, 0.2) is 30.4 Å². The molecule has 0 aromatic heterocycles. The molecule has 3 heteroatoms. The van der Waals surface area contributed by atoms with Gasteiger partial charge in [-0.2, -0.15) is 0 Å². The predicted molar refractivity (Wildman–Crippen MR) is 103 cm³/mol. The van der Waals surface area contributed by atoms with Gasteiger partial charge in [0.2, 0.25) is 0 Å². The Balaban J connectivity index is 1.56. The number of ether oxygens (including phenoxy) is 1. The van der Waals surface area contributed by atoms with Gasteiger partial charge in [0.05, 0.1) is 19.3 Å². The van der Waals surface area contributed by atoms with Crippen LogP contribution < -0.4 is 5.73 Å². The fourth-order valence-electron chi connectivity index (χ4n) is 4.27. The summed E-state index contributed by atoms with van der Waals surface area (Å²) < 4.78 is 6.03. The Morgan fingerprint density at radius 1 is 1.28 bits per heavy atom. The summed E-state index contributed by atoms with van der Waals surface area (Å²) in [5.74, 6) is 0.500. The maximum Gasteiger partial charge on any atom is 0.0651 e. The van der Waals surface area contributed by atoms with Crippen molar-refractivity contribution in [2.75, 3.05) is 13.2 Å². The molecule has 138 valence electrons. The van der Waals surface area contributed by atoms with E-state index in [1.165, 1.54) is 23.1 Å². The summed E-state index contributed by atoms with van der Waals surface area (Å²) in [4.78, 5) is 0. The molecule has 25 heavy (non-hydrogen) atoms. The van der Waals surface area contributed by atoms with Crippen molar-refractivity contribution in [2.24, 2.45) is 5.73 Å². The molecule has 0 spiro atoms. The summed E-state index contributed by atoms with van der Waals surface area (Å²) in [5.41, 5.74) is 10.2. The van der Waals surface area contributed by atoms with E-state index in [-0.39, 0.29) is 12.1 Å². The number of nitrogens with two attached hydrogens (primary N) is 1. The van der Waals surface area contributed by atoms with Crippen LogP contribution in [-0.2, 0) is 17.6 Å². The van der Waals surface area contributed by atoms with E-state index in [2.05, 4.69) is 37.3 Å². The summed E-state index contributed by atoms with van der Waals surface area (Å²) >= 11 is 0. The number of hydrogen-bond acceptors (Lipinski definition) is 3. The number of unbranched alkanes of at least 4 members (excludes halogenated alkanes) is 1. The van der Waals surface area contributed by atoms with Gasteiger partial charge >= 0.3 is 0 Å². The molecular weight excluding hydrogens is 310 g/mol. The topological polar surface area (TPSA) is 55.5 Å². The normalized spacial score (nSPS) is 29.2. The minimum atomic E-state index is -0.370. The van der Waals surface area contributed by atoms with Gasteiger partial charge < -0.3 is 15.6 Å². The van der Waals surface area contributed by atoms with E-state index in [0.717, 1.165) is 51.6 Å². The Bertz CT molecular complexity index is 598. The Morgan fingerprint density at radius 2 is 2.16 bits per heavy atom. The van der Waals surface area contributed by atoms with Crippen LogP contribution in [0.1, 0.15) is 68.1 Å². The van der Waals surface area contributed by atoms with Gasteiger partial charge in [-0.25, -0.2) is 0 Å². The molecule has 1 aromatic rings. The lowest BCUT2D eigenvalue weighted by Crippen LogP contribution is -2.40. The third-order valence-electron chi connectivity index (χ3n) is 5.89. The number of rotatable bonds is 7. The minimum absolute atomic E-state index is 0.0974. The molecule has 3 atom stereocenters. The van der Waals surface area contributed by atoms with E-state index >= 15 is 0 Å². The molecule has 0 bridgehead atoms. The van der Waals surface area contributed by atoms with Gasteiger partial charge in [0.15, 0.2) is 0 Å². The van der Waals surface area contributed by atoms with E-state index in [9.17, 15) is 5.11 Å². The Kier molecular flexibility index (Phi) is 6.32. The van der Waals surface area contributed by atoms with Gasteiger partial charge in [-0.05, 0) is 67.6 Å². The highest BCUT2D eigenvalue weighted by atomic mass is 16.5. The number of aliphatic hydroxyl groups excluding tert-OH is 1. The Labute approximate surface area is 152 Å². The van der Waals surface area contributed by atoms with E-state index < -0.39 is 0 Å². The second-order valence-electron chi connectivity index (χ2n) is 7.95. The SMILES string of the molecule is CCC/C=C/CO[C@H]1CCc2cc([C@H]3CC[C@](N)(CO)C3)ccc2C1. The number of allylic oxidation sites excluding steroid dienone is 1. The molecule has 0 heterocycles. The van der Waals surface area contributed by atoms with Crippen molar-refractivity contribution in [2.45, 2.75) is 75.9 Å². The molecule has 3 N–H and O–H groups in total. The highest BCUT2D eigenvalue weighted by molar-refractivity contribution is 5.36. The average Bonchev–Trinajstić information content (AvgIpc) is 3.04. The van der Waals surface area contributed by atoms with Crippen molar-refractivity contribution in [3.8, 4) is 0 Å². The fourth-order valence-corrected chi connectivity index (χ4v) is 4.27. The summed E-state index contributed by atoms with van der Waals surface area (Å²) in [6, 6.07) is 6.96. The van der Waals surface area contributed by atoms with Gasteiger partial charge in [0.1, 0.15) is 0 Å². The van der Waals surface area contributed by atoms with E-state index in [4.69, 9.17) is 10.5 Å². The summed E-state index contributed by atoms with van der Waals surface area (Å²) in [7, 11) is 0. The molecule has 1 saturated carbocycles. The second-order valence-corrected chi connectivity index (χ2v) is 7.95. The predicted octanol–water partition coefficient (Wildman–Crippen LogP) is 3.87. The van der Waals surface area contributed by atoms with Gasteiger partial charge in [-0.3, -0.25) is 0 Å². The number of aryl methyl sites for hydroxylation is 1. The zero-order valence-corrected chi connectivity index (χ0v) is 15.5. The molecule has 2 aliphatic rings. The fraction of sp³-hybridized carbons (Fsp3) is 0.636. The summed E-state index contributed by atoms with van der Waals surface area (Å²) in [6.07, 6.45) is 13.2. The van der Waals surface area contributed by atoms with Crippen molar-refractivity contribution >= 4 is 0 Å². The van der Waals surface area contributed by atoms with Gasteiger partial charge in [-0.1, -0.05) is 43.7 Å². The van der Waals surface area contributed by atoms with Crippen molar-refractivity contribution in [1.82, 2.24) is 0 Å². The first-order valence-corrected chi connectivity index (χ1v) is 9.91. The zero-order valence-electron chi connectivity index (χ0n) is 15.5. The molecule has 3 rings (SSSR count). The number of hydrogen-bond donors (Lipinski definition) is 2. The van der Waals surface area contributed by atoms with Crippen LogP contribution in [0.2, 0.25) is 0 Å². The van der Waals surface area contributed by atoms with Crippen molar-refractivity contribution in [3.63, 3.8) is 0 Å². The molecule has 0 amide bonds. The van der Waals surface area contributed by atoms with Gasteiger partial charge in [0, 0.05) is 5.54 Å². The first-order valence-electron chi connectivity index (χ1n) is 9.91. The van der Waals surface area contributed by atoms with Crippen LogP contribution in [0.3, 0.4) is 0 Å². The highest BCUT2D eigenvalue weighted by Gasteiger charge is 2.36. The number of aliphatic hydroxyl groups is 1. The largest absolute Gasteiger partial charge is 0.394 e. The lowest BCUT2D eigenvalue weighted by Gasteiger charge is -2.26. The van der Waals surface area contributed by atoms with E-state index in [0.29, 0.717) is 12.0 Å². The summed E-state index contributed by atoms with van der Waals surface area (Å²) in [5, 5.41) is 9.49. The quantitative estimate of drug-likeness (QED) is 0.739. The lowest BCUT2D eigenvalue weighted by atomic mass is 9.85. The molecule has 0 radical (unpaired) electrons. The molecule has 1 aromatic carbocycles. The molecule has 0 saturated heterocycles. The third kappa shape index (κ3) is 4.72. The molecule has 1 fully saturated rings. The lowest BCUT2D eigenvalue weighted by molar-refractivity contribution is 0.0641. The van der Waals surface area contributed by atoms with Crippen LogP contribution in [-0.4, -0.2) is 30.0 Å². The van der Waals surface area contributed by atoms with Crippen molar-refractivity contribution < 1.29 is 9.84 Å². The van der Waals surface area contributed by atoms with E-state index in [1.807, 2.05) is 0 Å². The smallest absolute Gasteiger partial charge is 0.0651 e. The molecular formula is C22H33NO2. The molecule has 0 unspecified atom stereocenters. The van der Waals surface area contributed by atoms with Crippen molar-refractivity contribution in [3.05, 3.63) is 47.0 Å². The van der Waals surface area contributed by atoms with Crippen molar-refractivity contribution in [1.29, 1.82) is 0 Å². The van der Waals surface area contributed by atoms with Crippen LogP contribution in [0.4, 0.5) is 0 Å². The zero-order chi connectivity index (χ0) is 17.7. The second kappa shape index (κ2) is 8.48. The molecule has 3 nitrogen and oxygen atoms in total. The van der Waals surface area contributed by atoms with E-state index in [1.54, 1.807) is 0 Å². The standard InChI is InChI=1S/C22H33NO2/c1-2-3-4-5-12-25-21-9-8-17-13-18(6-7-19(17)14-21)20-10-11-22(23,15-20)16-24/h4-7,13,20-21,24H,2-3,8-12,14-16,23H2,1H3/b5-4+/t20-,21-,22+/m0/s1. The maximum atomic E-state index is 9.49. The maximum absolute atomic E-state index is 9.49. The summed E-state index contributed by atoms with van der Waals surface area (Å²) in [6.45, 7) is 3.03. The van der Waals surface area contributed by atoms with Crippen LogP contribution in [0.5, 0.6) is 0 Å². The Hall–Kier alpha value is -1.16. The third-order valence-corrected chi connectivity index (χ3v) is 5.89. The minimum Gasteiger partial charge on any atom is -0.394 e. The Morgan fingerprint density at radius 3 is 2.92 bits per heavy atom. The first kappa shape index (κ1) is 18.6. The van der Waals surface area contributed by atoms with Gasteiger partial charge in [-0.15, -0.1) is 0 Å². The number of benzene rings is 1. The average molecular weight is 344 g/mol. The van der Waals surface area contributed by atoms with Crippen LogP contribution >= 0.6 is 0 Å². The monoisotopic (exact) mass is 343 g/mol. The highest BCUT2D eigenvalue weighted by Crippen LogP contribution is 2.40. The molecule has 2 aliphatic carbocycles. The first-order chi connectivity index (χ1) is 12.1. The van der Waals surface area contributed by atoms with Crippen LogP contribution in [0, 0.1) is 0 Å².